The van der Waals surface area contributed by atoms with Crippen molar-refractivity contribution < 1.29 is 14.6 Å². The Morgan fingerprint density at radius 2 is 2.43 bits per heavy atom. The molecule has 3 heterocycles. The smallest absolute Gasteiger partial charge is 0.266 e. The highest BCUT2D eigenvalue weighted by Crippen LogP contribution is 2.23. The standard InChI is InChI=1S/C12H15N5O3S/c1-8-4-16(5-9(6-18)20-8)12(19)11-10(2-3-21-11)17-7-13-14-15-17/h2-3,7-9,18H,4-6H2,1H3. The van der Waals surface area contributed by atoms with E-state index in [4.69, 9.17) is 4.74 Å². The highest BCUT2D eigenvalue weighted by Gasteiger charge is 2.30. The maximum absolute atomic E-state index is 12.7. The van der Waals surface area contributed by atoms with Gasteiger partial charge in [0.15, 0.2) is 0 Å². The number of tetrazole rings is 1. The van der Waals surface area contributed by atoms with Gasteiger partial charge in [0.05, 0.1) is 24.5 Å². The second-order valence-corrected chi connectivity index (χ2v) is 5.77. The van der Waals surface area contributed by atoms with E-state index in [0.717, 1.165) is 0 Å². The van der Waals surface area contributed by atoms with Gasteiger partial charge < -0.3 is 14.7 Å². The summed E-state index contributed by atoms with van der Waals surface area (Å²) in [6.45, 7) is 2.67. The van der Waals surface area contributed by atoms with Gasteiger partial charge in [-0.15, -0.1) is 16.4 Å². The van der Waals surface area contributed by atoms with E-state index >= 15 is 0 Å². The van der Waals surface area contributed by atoms with Crippen molar-refractivity contribution in [1.82, 2.24) is 25.1 Å². The first-order valence-corrected chi connectivity index (χ1v) is 7.43. The van der Waals surface area contributed by atoms with Gasteiger partial charge in [0.25, 0.3) is 5.91 Å². The minimum atomic E-state index is -0.339. The molecule has 1 fully saturated rings. The first-order valence-electron chi connectivity index (χ1n) is 6.55. The second-order valence-electron chi connectivity index (χ2n) is 4.85. The maximum Gasteiger partial charge on any atom is 0.266 e. The molecule has 0 radical (unpaired) electrons. The Balaban J connectivity index is 1.84. The molecule has 1 aliphatic rings. The van der Waals surface area contributed by atoms with Crippen molar-refractivity contribution in [2.75, 3.05) is 19.7 Å². The highest BCUT2D eigenvalue weighted by atomic mass is 32.1. The molecule has 2 aromatic rings. The lowest BCUT2D eigenvalue weighted by Gasteiger charge is -2.36. The summed E-state index contributed by atoms with van der Waals surface area (Å²) in [4.78, 5) is 15.0. The number of ether oxygens (including phenoxy) is 1. The average Bonchev–Trinajstić information content (AvgIpc) is 3.16. The second kappa shape index (κ2) is 5.88. The summed E-state index contributed by atoms with van der Waals surface area (Å²) in [5.74, 6) is -0.0934. The van der Waals surface area contributed by atoms with Crippen molar-refractivity contribution in [2.45, 2.75) is 19.1 Å². The first kappa shape index (κ1) is 14.1. The minimum absolute atomic E-state index is 0.0934. The summed E-state index contributed by atoms with van der Waals surface area (Å²) in [7, 11) is 0. The Labute approximate surface area is 124 Å². The van der Waals surface area contributed by atoms with E-state index in [1.165, 1.54) is 22.3 Å². The normalized spacial score (nSPS) is 22.5. The Kier molecular flexibility index (Phi) is 3.95. The van der Waals surface area contributed by atoms with Crippen LogP contribution in [-0.4, -0.2) is 68.0 Å². The Hall–Kier alpha value is -1.84. The van der Waals surface area contributed by atoms with Crippen LogP contribution in [0.25, 0.3) is 5.69 Å². The lowest BCUT2D eigenvalue weighted by Crippen LogP contribution is -2.50. The number of morpholine rings is 1. The van der Waals surface area contributed by atoms with E-state index in [9.17, 15) is 9.90 Å². The molecule has 3 rings (SSSR count). The molecule has 2 unspecified atom stereocenters. The Morgan fingerprint density at radius 1 is 1.57 bits per heavy atom. The number of hydrogen-bond donors (Lipinski definition) is 1. The van der Waals surface area contributed by atoms with Crippen LogP contribution in [0.15, 0.2) is 17.8 Å². The Morgan fingerprint density at radius 3 is 3.14 bits per heavy atom. The summed E-state index contributed by atoms with van der Waals surface area (Å²) in [5, 5.41) is 22.1. The number of carbonyl (C=O) groups excluding carboxylic acids is 1. The van der Waals surface area contributed by atoms with Gasteiger partial charge in [0.1, 0.15) is 11.2 Å². The molecule has 21 heavy (non-hydrogen) atoms. The molecule has 0 aliphatic carbocycles. The van der Waals surface area contributed by atoms with E-state index in [1.54, 1.807) is 4.90 Å². The zero-order valence-corrected chi connectivity index (χ0v) is 12.2. The van der Waals surface area contributed by atoms with Gasteiger partial charge in [0.2, 0.25) is 0 Å². The first-order chi connectivity index (χ1) is 10.2. The van der Waals surface area contributed by atoms with Crippen LogP contribution in [0.5, 0.6) is 0 Å². The molecule has 0 bridgehead atoms. The highest BCUT2D eigenvalue weighted by molar-refractivity contribution is 7.12. The fraction of sp³-hybridized carbons (Fsp3) is 0.500. The van der Waals surface area contributed by atoms with E-state index in [2.05, 4.69) is 15.5 Å². The molecule has 8 nitrogen and oxygen atoms in total. The fourth-order valence-electron chi connectivity index (χ4n) is 2.37. The number of thiophene rings is 1. The SMILES string of the molecule is CC1CN(C(=O)c2sccc2-n2cnnn2)CC(CO)O1. The molecule has 1 N–H and O–H groups in total. The molecule has 1 amide bonds. The van der Waals surface area contributed by atoms with Crippen LogP contribution in [0.4, 0.5) is 0 Å². The lowest BCUT2D eigenvalue weighted by molar-refractivity contribution is -0.0857. The van der Waals surface area contributed by atoms with Crippen molar-refractivity contribution in [3.63, 3.8) is 0 Å². The molecule has 1 saturated heterocycles. The predicted octanol–water partition coefficient (Wildman–Crippen LogP) is -0.0544. The average molecular weight is 309 g/mol. The van der Waals surface area contributed by atoms with Crippen LogP contribution in [0.2, 0.25) is 0 Å². The number of aliphatic hydroxyl groups excluding tert-OH is 1. The van der Waals surface area contributed by atoms with Gasteiger partial charge in [0, 0.05) is 13.1 Å². The number of hydrogen-bond acceptors (Lipinski definition) is 7. The third kappa shape index (κ3) is 2.80. The topological polar surface area (TPSA) is 93.4 Å². The Bertz CT molecular complexity index is 614. The number of aromatic nitrogens is 4. The quantitative estimate of drug-likeness (QED) is 0.854. The van der Waals surface area contributed by atoms with Crippen LogP contribution in [-0.2, 0) is 4.74 Å². The van der Waals surface area contributed by atoms with Gasteiger partial charge >= 0.3 is 0 Å². The van der Waals surface area contributed by atoms with Crippen molar-refractivity contribution in [3.05, 3.63) is 22.7 Å². The molecule has 1 aliphatic heterocycles. The van der Waals surface area contributed by atoms with Crippen LogP contribution < -0.4 is 0 Å². The number of nitrogens with zero attached hydrogens (tertiary/aromatic N) is 5. The molecule has 0 aromatic carbocycles. The van der Waals surface area contributed by atoms with Crippen molar-refractivity contribution in [3.8, 4) is 5.69 Å². The largest absolute Gasteiger partial charge is 0.394 e. The lowest BCUT2D eigenvalue weighted by atomic mass is 10.2. The summed E-state index contributed by atoms with van der Waals surface area (Å²) in [5.41, 5.74) is 0.662. The number of carbonyl (C=O) groups is 1. The summed E-state index contributed by atoms with van der Waals surface area (Å²) in [6.07, 6.45) is 1.02. The maximum atomic E-state index is 12.7. The zero-order valence-electron chi connectivity index (χ0n) is 11.4. The van der Waals surface area contributed by atoms with E-state index in [1.807, 2.05) is 18.4 Å². The van der Waals surface area contributed by atoms with Crippen molar-refractivity contribution in [2.24, 2.45) is 0 Å². The van der Waals surface area contributed by atoms with Crippen molar-refractivity contribution >= 4 is 17.2 Å². The van der Waals surface area contributed by atoms with Gasteiger partial charge in [-0.2, -0.15) is 4.68 Å². The minimum Gasteiger partial charge on any atom is -0.394 e. The molecule has 0 spiro atoms. The fourth-order valence-corrected chi connectivity index (χ4v) is 3.22. The number of aliphatic hydroxyl groups is 1. The van der Waals surface area contributed by atoms with Crippen LogP contribution in [0.1, 0.15) is 16.6 Å². The summed E-state index contributed by atoms with van der Waals surface area (Å²) >= 11 is 1.35. The van der Waals surface area contributed by atoms with Gasteiger partial charge in [-0.3, -0.25) is 4.79 Å². The van der Waals surface area contributed by atoms with Gasteiger partial charge in [-0.05, 0) is 28.8 Å². The van der Waals surface area contributed by atoms with Crippen molar-refractivity contribution in [1.29, 1.82) is 0 Å². The van der Waals surface area contributed by atoms with E-state index in [-0.39, 0.29) is 24.7 Å². The third-order valence-electron chi connectivity index (χ3n) is 3.25. The molecular formula is C12H15N5O3S. The summed E-state index contributed by atoms with van der Waals surface area (Å²) < 4.78 is 7.03. The van der Waals surface area contributed by atoms with Crippen LogP contribution in [0.3, 0.4) is 0 Å². The van der Waals surface area contributed by atoms with Crippen LogP contribution >= 0.6 is 11.3 Å². The summed E-state index contributed by atoms with van der Waals surface area (Å²) in [6, 6.07) is 1.81. The number of amides is 1. The number of rotatable bonds is 3. The molecule has 2 aromatic heterocycles. The molecule has 9 heteroatoms. The molecular weight excluding hydrogens is 294 g/mol. The molecule has 112 valence electrons. The van der Waals surface area contributed by atoms with E-state index < -0.39 is 0 Å². The van der Waals surface area contributed by atoms with E-state index in [0.29, 0.717) is 23.7 Å². The zero-order chi connectivity index (χ0) is 14.8. The van der Waals surface area contributed by atoms with Crippen LogP contribution in [0, 0.1) is 0 Å². The van der Waals surface area contributed by atoms with Gasteiger partial charge in [-0.1, -0.05) is 0 Å². The monoisotopic (exact) mass is 309 g/mol. The third-order valence-corrected chi connectivity index (χ3v) is 4.14. The van der Waals surface area contributed by atoms with Gasteiger partial charge in [-0.25, -0.2) is 0 Å². The molecule has 2 atom stereocenters. The molecule has 0 saturated carbocycles. The predicted molar refractivity (Wildman–Crippen MR) is 74.4 cm³/mol.